The summed E-state index contributed by atoms with van der Waals surface area (Å²) in [4.78, 5) is 36.9. The third kappa shape index (κ3) is 3.94. The first kappa shape index (κ1) is 16.5. The molecule has 1 aliphatic rings. The van der Waals surface area contributed by atoms with Crippen LogP contribution in [0.4, 0.5) is 4.79 Å². The SMILES string of the molecule is O=C(CCN1CCSC1=O)OCC(=O)c1ccc2ccccc2c1. The number of benzene rings is 2. The van der Waals surface area contributed by atoms with Crippen molar-refractivity contribution in [2.24, 2.45) is 0 Å². The number of carbonyl (C=O) groups is 3. The molecule has 0 aromatic heterocycles. The van der Waals surface area contributed by atoms with E-state index in [1.807, 2.05) is 30.3 Å². The molecule has 0 unspecified atom stereocenters. The Morgan fingerprint density at radius 3 is 2.67 bits per heavy atom. The zero-order chi connectivity index (χ0) is 16.9. The van der Waals surface area contributed by atoms with E-state index in [0.29, 0.717) is 18.7 Å². The van der Waals surface area contributed by atoms with Crippen LogP contribution in [0.2, 0.25) is 0 Å². The Balaban J connectivity index is 1.50. The molecule has 6 heteroatoms. The summed E-state index contributed by atoms with van der Waals surface area (Å²) in [5.74, 6) is 0.0599. The summed E-state index contributed by atoms with van der Waals surface area (Å²) in [5, 5.41) is 2.02. The lowest BCUT2D eigenvalue weighted by Gasteiger charge is -2.13. The second-order valence-electron chi connectivity index (χ2n) is 5.50. The van der Waals surface area contributed by atoms with E-state index >= 15 is 0 Å². The Bertz CT molecular complexity index is 789. The van der Waals surface area contributed by atoms with E-state index in [1.165, 1.54) is 11.8 Å². The fraction of sp³-hybridized carbons (Fsp3) is 0.278. The van der Waals surface area contributed by atoms with Crippen LogP contribution in [0.25, 0.3) is 10.8 Å². The number of ether oxygens (including phenoxy) is 1. The second-order valence-corrected chi connectivity index (χ2v) is 6.54. The number of hydrogen-bond acceptors (Lipinski definition) is 5. The third-order valence-corrected chi connectivity index (χ3v) is 4.76. The quantitative estimate of drug-likeness (QED) is 0.596. The Labute approximate surface area is 144 Å². The van der Waals surface area contributed by atoms with Crippen molar-refractivity contribution in [3.63, 3.8) is 0 Å². The summed E-state index contributed by atoms with van der Waals surface area (Å²) in [6, 6.07) is 13.2. The molecule has 0 bridgehead atoms. The van der Waals surface area contributed by atoms with E-state index in [2.05, 4.69) is 0 Å². The Morgan fingerprint density at radius 2 is 1.92 bits per heavy atom. The highest BCUT2D eigenvalue weighted by molar-refractivity contribution is 8.13. The molecule has 1 fully saturated rings. The van der Waals surface area contributed by atoms with Gasteiger partial charge in [-0.25, -0.2) is 0 Å². The van der Waals surface area contributed by atoms with Crippen LogP contribution < -0.4 is 0 Å². The number of esters is 1. The molecule has 124 valence electrons. The lowest BCUT2D eigenvalue weighted by Crippen LogP contribution is -2.27. The summed E-state index contributed by atoms with van der Waals surface area (Å²) < 4.78 is 5.03. The summed E-state index contributed by atoms with van der Waals surface area (Å²) in [5.41, 5.74) is 0.521. The van der Waals surface area contributed by atoms with Crippen LogP contribution >= 0.6 is 11.8 Å². The summed E-state index contributed by atoms with van der Waals surface area (Å²) in [7, 11) is 0. The van der Waals surface area contributed by atoms with Crippen molar-refractivity contribution >= 4 is 39.5 Å². The van der Waals surface area contributed by atoms with E-state index in [-0.39, 0.29) is 24.1 Å². The lowest BCUT2D eigenvalue weighted by atomic mass is 10.0. The van der Waals surface area contributed by atoms with Crippen LogP contribution in [0.15, 0.2) is 42.5 Å². The maximum absolute atomic E-state index is 12.2. The maximum Gasteiger partial charge on any atom is 0.308 e. The first-order chi connectivity index (χ1) is 11.6. The van der Waals surface area contributed by atoms with Gasteiger partial charge in [0.2, 0.25) is 0 Å². The van der Waals surface area contributed by atoms with Gasteiger partial charge in [0.25, 0.3) is 5.24 Å². The first-order valence-electron chi connectivity index (χ1n) is 7.73. The number of amides is 1. The minimum absolute atomic E-state index is 0.00459. The Morgan fingerprint density at radius 1 is 1.12 bits per heavy atom. The molecule has 0 radical (unpaired) electrons. The summed E-state index contributed by atoms with van der Waals surface area (Å²) in [6.45, 7) is 0.724. The number of hydrogen-bond donors (Lipinski definition) is 0. The molecule has 0 N–H and O–H groups in total. The summed E-state index contributed by atoms with van der Waals surface area (Å²) in [6.07, 6.45) is 0.108. The molecule has 0 saturated carbocycles. The van der Waals surface area contributed by atoms with E-state index < -0.39 is 5.97 Å². The van der Waals surface area contributed by atoms with E-state index in [0.717, 1.165) is 16.5 Å². The molecular weight excluding hydrogens is 326 g/mol. The predicted molar refractivity (Wildman–Crippen MR) is 93.3 cm³/mol. The van der Waals surface area contributed by atoms with Crippen LogP contribution in [0.1, 0.15) is 16.8 Å². The van der Waals surface area contributed by atoms with Gasteiger partial charge in [0.1, 0.15) is 0 Å². The second kappa shape index (κ2) is 7.49. The summed E-state index contributed by atoms with van der Waals surface area (Å²) >= 11 is 1.25. The lowest BCUT2D eigenvalue weighted by molar-refractivity contribution is -0.142. The molecule has 0 atom stereocenters. The van der Waals surface area contributed by atoms with Crippen LogP contribution in [0.5, 0.6) is 0 Å². The fourth-order valence-corrected chi connectivity index (χ4v) is 3.37. The van der Waals surface area contributed by atoms with Crippen LogP contribution in [0, 0.1) is 0 Å². The Kier molecular flexibility index (Phi) is 5.15. The number of thioether (sulfide) groups is 1. The normalized spacial score (nSPS) is 14.2. The van der Waals surface area contributed by atoms with Gasteiger partial charge in [-0.3, -0.25) is 14.4 Å². The smallest absolute Gasteiger partial charge is 0.308 e. The van der Waals surface area contributed by atoms with Gasteiger partial charge >= 0.3 is 5.97 Å². The van der Waals surface area contributed by atoms with Crippen molar-refractivity contribution in [3.8, 4) is 0 Å². The maximum atomic E-state index is 12.2. The number of nitrogens with zero attached hydrogens (tertiary/aromatic N) is 1. The van der Waals surface area contributed by atoms with Crippen LogP contribution in [-0.2, 0) is 9.53 Å². The van der Waals surface area contributed by atoms with Gasteiger partial charge in [-0.15, -0.1) is 0 Å². The van der Waals surface area contributed by atoms with Crippen molar-refractivity contribution in [1.82, 2.24) is 4.90 Å². The molecule has 0 spiro atoms. The fourth-order valence-electron chi connectivity index (χ4n) is 2.52. The van der Waals surface area contributed by atoms with Gasteiger partial charge in [-0.05, 0) is 16.8 Å². The first-order valence-corrected chi connectivity index (χ1v) is 8.71. The average molecular weight is 343 g/mol. The zero-order valence-corrected chi connectivity index (χ0v) is 13.9. The molecule has 1 aliphatic heterocycles. The highest BCUT2D eigenvalue weighted by atomic mass is 32.2. The largest absolute Gasteiger partial charge is 0.457 e. The van der Waals surface area contributed by atoms with E-state index in [9.17, 15) is 14.4 Å². The van der Waals surface area contributed by atoms with Crippen molar-refractivity contribution in [3.05, 3.63) is 48.0 Å². The number of rotatable bonds is 6. The number of fused-ring (bicyclic) bond motifs is 1. The van der Waals surface area contributed by atoms with Gasteiger partial charge in [-0.2, -0.15) is 0 Å². The number of ketones is 1. The molecule has 2 aromatic rings. The van der Waals surface area contributed by atoms with Gasteiger partial charge in [-0.1, -0.05) is 48.2 Å². The van der Waals surface area contributed by atoms with Crippen LogP contribution in [0.3, 0.4) is 0 Å². The molecule has 1 amide bonds. The van der Waals surface area contributed by atoms with Gasteiger partial charge in [0, 0.05) is 24.4 Å². The Hall–Kier alpha value is -2.34. The van der Waals surface area contributed by atoms with E-state index in [1.54, 1.807) is 17.0 Å². The highest BCUT2D eigenvalue weighted by Gasteiger charge is 2.21. The van der Waals surface area contributed by atoms with Crippen molar-refractivity contribution in [1.29, 1.82) is 0 Å². The minimum Gasteiger partial charge on any atom is -0.457 e. The van der Waals surface area contributed by atoms with Crippen molar-refractivity contribution in [2.75, 3.05) is 25.4 Å². The van der Waals surface area contributed by atoms with Crippen molar-refractivity contribution in [2.45, 2.75) is 6.42 Å². The van der Waals surface area contributed by atoms with Gasteiger partial charge in [0.05, 0.1) is 6.42 Å². The number of carbonyl (C=O) groups excluding carboxylic acids is 3. The van der Waals surface area contributed by atoms with Gasteiger partial charge < -0.3 is 9.64 Å². The third-order valence-electron chi connectivity index (χ3n) is 3.87. The minimum atomic E-state index is -0.464. The molecule has 0 aliphatic carbocycles. The molecule has 1 saturated heterocycles. The van der Waals surface area contributed by atoms with E-state index in [4.69, 9.17) is 4.74 Å². The number of Topliss-reactive ketones (excluding diaryl/α,β-unsaturated/α-hetero) is 1. The molecular formula is C18H17NO4S. The zero-order valence-electron chi connectivity index (χ0n) is 13.1. The standard InChI is InChI=1S/C18H17NO4S/c20-16(15-6-5-13-3-1-2-4-14(13)11-15)12-23-17(21)7-8-19-9-10-24-18(19)22/h1-6,11H,7-10,12H2. The van der Waals surface area contributed by atoms with Crippen LogP contribution in [-0.4, -0.2) is 47.3 Å². The average Bonchev–Trinajstić information content (AvgIpc) is 3.02. The molecule has 5 nitrogen and oxygen atoms in total. The monoisotopic (exact) mass is 343 g/mol. The van der Waals surface area contributed by atoms with Crippen molar-refractivity contribution < 1.29 is 19.1 Å². The molecule has 3 rings (SSSR count). The predicted octanol–water partition coefficient (Wildman–Crippen LogP) is 3.12. The topological polar surface area (TPSA) is 63.7 Å². The molecule has 24 heavy (non-hydrogen) atoms. The highest BCUT2D eigenvalue weighted by Crippen LogP contribution is 2.18. The molecule has 2 aromatic carbocycles. The molecule has 1 heterocycles. The van der Waals surface area contributed by atoms with Gasteiger partial charge in [0.15, 0.2) is 12.4 Å².